The summed E-state index contributed by atoms with van der Waals surface area (Å²) in [5.74, 6) is -1.67. The summed E-state index contributed by atoms with van der Waals surface area (Å²) in [5, 5.41) is 2.85. The number of nitrogens with zero attached hydrogens (tertiary/aromatic N) is 2. The van der Waals surface area contributed by atoms with Gasteiger partial charge in [-0.2, -0.15) is 8.78 Å². The van der Waals surface area contributed by atoms with Gasteiger partial charge < -0.3 is 10.1 Å². The highest BCUT2D eigenvalue weighted by atomic mass is 35.5. The molecule has 158 valence electrons. The average molecular weight is 436 g/mol. The number of hydrogen-bond donors (Lipinski definition) is 1. The Morgan fingerprint density at radius 3 is 2.47 bits per heavy atom. The van der Waals surface area contributed by atoms with E-state index in [4.69, 9.17) is 16.3 Å². The zero-order chi connectivity index (χ0) is 21.8. The fourth-order valence-corrected chi connectivity index (χ4v) is 3.22. The van der Waals surface area contributed by atoms with Crippen LogP contribution in [-0.2, 0) is 16.1 Å². The predicted octanol–water partition coefficient (Wildman–Crippen LogP) is 4.58. The third-order valence-corrected chi connectivity index (χ3v) is 4.86. The molecule has 0 aliphatic carbocycles. The third kappa shape index (κ3) is 4.59. The van der Waals surface area contributed by atoms with Crippen molar-refractivity contribution in [3.63, 3.8) is 0 Å². The number of aromatic nitrogens is 2. The van der Waals surface area contributed by atoms with Gasteiger partial charge in [0.05, 0.1) is 21.6 Å². The minimum atomic E-state index is -2.84. The molecule has 0 spiro atoms. The van der Waals surface area contributed by atoms with E-state index in [2.05, 4.69) is 10.3 Å². The summed E-state index contributed by atoms with van der Waals surface area (Å²) in [6.45, 7) is 0.163. The number of para-hydroxylation sites is 2. The zero-order valence-electron chi connectivity index (χ0n) is 16.3. The number of carbonyl (C=O) groups excluding carboxylic acids is 2. The molecule has 0 bridgehead atoms. The Kier molecular flexibility index (Phi) is 6.66. The maximum Gasteiger partial charge on any atom is 0.329 e. The molecule has 3 aromatic rings. The Labute approximate surface area is 176 Å². The molecule has 0 saturated heterocycles. The number of benzene rings is 2. The quantitative estimate of drug-likeness (QED) is 0.551. The number of esters is 1. The Hall–Kier alpha value is -3.00. The van der Waals surface area contributed by atoms with Gasteiger partial charge >= 0.3 is 12.5 Å². The van der Waals surface area contributed by atoms with Gasteiger partial charge in [0, 0.05) is 0 Å². The van der Waals surface area contributed by atoms with Gasteiger partial charge in [-0.3, -0.25) is 9.36 Å². The first-order valence-corrected chi connectivity index (χ1v) is 9.63. The second kappa shape index (κ2) is 9.21. The van der Waals surface area contributed by atoms with E-state index in [-0.39, 0.29) is 27.8 Å². The Balaban J connectivity index is 1.75. The molecule has 6 nitrogen and oxygen atoms in total. The van der Waals surface area contributed by atoms with Crippen molar-refractivity contribution < 1.29 is 23.1 Å². The van der Waals surface area contributed by atoms with Crippen LogP contribution in [0.25, 0.3) is 11.0 Å². The normalized spacial score (nSPS) is 12.4. The van der Waals surface area contributed by atoms with E-state index in [9.17, 15) is 18.4 Å². The number of fused-ring (bicyclic) bond motifs is 1. The highest BCUT2D eigenvalue weighted by Gasteiger charge is 2.28. The third-order valence-electron chi connectivity index (χ3n) is 4.53. The van der Waals surface area contributed by atoms with Gasteiger partial charge in [0.25, 0.3) is 5.91 Å². The summed E-state index contributed by atoms with van der Waals surface area (Å²) in [6.07, 6.45) is 0. The molecular formula is C21H20ClF2N3O3. The summed E-state index contributed by atoms with van der Waals surface area (Å²) in [7, 11) is 0. The van der Waals surface area contributed by atoms with Crippen molar-refractivity contribution in [3.8, 4) is 0 Å². The first-order valence-electron chi connectivity index (χ1n) is 9.25. The maximum atomic E-state index is 13.5. The molecule has 1 amide bonds. The Morgan fingerprint density at radius 2 is 1.80 bits per heavy atom. The molecule has 0 aliphatic rings. The standard InChI is InChI=1S/C21H20ClF2N3O3/c1-12(2)18(26-19(28)13-7-3-4-8-14(13)22)20(29)30-11-17-25-15-9-5-6-10-16(15)27(17)21(23)24/h3-10,12,18,21H,11H2,1-2H3,(H,26,28)/t18-/m0/s1. The number of hydrogen-bond acceptors (Lipinski definition) is 4. The Bertz CT molecular complexity index is 1070. The number of rotatable bonds is 7. The summed E-state index contributed by atoms with van der Waals surface area (Å²) in [6, 6.07) is 11.9. The van der Waals surface area contributed by atoms with E-state index in [1.165, 1.54) is 12.1 Å². The van der Waals surface area contributed by atoms with Crippen LogP contribution in [0.3, 0.4) is 0 Å². The van der Waals surface area contributed by atoms with E-state index in [1.807, 2.05) is 0 Å². The van der Waals surface area contributed by atoms with Crippen LogP contribution in [0.4, 0.5) is 8.78 Å². The number of nitrogens with one attached hydrogen (secondary N) is 1. The largest absolute Gasteiger partial charge is 0.456 e. The van der Waals surface area contributed by atoms with Gasteiger partial charge in [0.15, 0.2) is 5.82 Å². The van der Waals surface area contributed by atoms with Gasteiger partial charge in [-0.05, 0) is 30.2 Å². The molecule has 1 aromatic heterocycles. The molecule has 0 saturated carbocycles. The van der Waals surface area contributed by atoms with Crippen LogP contribution in [-0.4, -0.2) is 27.5 Å². The molecule has 9 heteroatoms. The van der Waals surface area contributed by atoms with Crippen molar-refractivity contribution >= 4 is 34.5 Å². The number of ether oxygens (including phenoxy) is 1. The first kappa shape index (κ1) is 21.7. The number of halogens is 3. The van der Waals surface area contributed by atoms with Gasteiger partial charge in [-0.25, -0.2) is 9.78 Å². The van der Waals surface area contributed by atoms with Crippen molar-refractivity contribution in [2.75, 3.05) is 0 Å². The lowest BCUT2D eigenvalue weighted by molar-refractivity contribution is -0.149. The molecule has 0 unspecified atom stereocenters. The monoisotopic (exact) mass is 435 g/mol. The second-order valence-corrected chi connectivity index (χ2v) is 7.35. The minimum Gasteiger partial charge on any atom is -0.456 e. The first-order chi connectivity index (χ1) is 14.3. The van der Waals surface area contributed by atoms with Gasteiger partial charge in [-0.15, -0.1) is 0 Å². The number of alkyl halides is 2. The van der Waals surface area contributed by atoms with Crippen LogP contribution in [0, 0.1) is 5.92 Å². The lowest BCUT2D eigenvalue weighted by Crippen LogP contribution is -2.45. The fourth-order valence-electron chi connectivity index (χ4n) is 3.00. The van der Waals surface area contributed by atoms with Gasteiger partial charge in [-0.1, -0.05) is 49.7 Å². The van der Waals surface area contributed by atoms with Crippen molar-refractivity contribution in [1.82, 2.24) is 14.9 Å². The van der Waals surface area contributed by atoms with Gasteiger partial charge in [0.1, 0.15) is 12.6 Å². The smallest absolute Gasteiger partial charge is 0.329 e. The second-order valence-electron chi connectivity index (χ2n) is 6.95. The van der Waals surface area contributed by atoms with E-state index in [1.54, 1.807) is 50.2 Å². The molecule has 0 radical (unpaired) electrons. The van der Waals surface area contributed by atoms with Crippen molar-refractivity contribution in [2.24, 2.45) is 5.92 Å². The lowest BCUT2D eigenvalue weighted by Gasteiger charge is -2.21. The van der Waals surface area contributed by atoms with Crippen molar-refractivity contribution in [3.05, 3.63) is 64.9 Å². The summed E-state index contributed by atoms with van der Waals surface area (Å²) < 4.78 is 33.0. The van der Waals surface area contributed by atoms with Crippen LogP contribution >= 0.6 is 11.6 Å². The molecular weight excluding hydrogens is 416 g/mol. The summed E-state index contributed by atoms with van der Waals surface area (Å²) in [4.78, 5) is 29.2. The summed E-state index contributed by atoms with van der Waals surface area (Å²) >= 11 is 6.03. The van der Waals surface area contributed by atoms with Crippen molar-refractivity contribution in [2.45, 2.75) is 33.0 Å². The van der Waals surface area contributed by atoms with E-state index in [0.29, 0.717) is 5.52 Å². The van der Waals surface area contributed by atoms with Crippen LogP contribution in [0.1, 0.15) is 36.6 Å². The molecule has 3 rings (SSSR count). The zero-order valence-corrected chi connectivity index (χ0v) is 17.1. The van der Waals surface area contributed by atoms with E-state index < -0.39 is 31.1 Å². The van der Waals surface area contributed by atoms with Crippen LogP contribution in [0.15, 0.2) is 48.5 Å². The fraction of sp³-hybridized carbons (Fsp3) is 0.286. The number of imidazole rings is 1. The molecule has 1 atom stereocenters. The lowest BCUT2D eigenvalue weighted by atomic mass is 10.0. The molecule has 0 fully saturated rings. The van der Waals surface area contributed by atoms with Crippen LogP contribution < -0.4 is 5.32 Å². The van der Waals surface area contributed by atoms with Gasteiger partial charge in [0.2, 0.25) is 0 Å². The number of amides is 1. The average Bonchev–Trinajstić information content (AvgIpc) is 3.08. The van der Waals surface area contributed by atoms with Crippen molar-refractivity contribution in [1.29, 1.82) is 0 Å². The van der Waals surface area contributed by atoms with Crippen LogP contribution in [0.2, 0.25) is 5.02 Å². The molecule has 1 N–H and O–H groups in total. The topological polar surface area (TPSA) is 73.2 Å². The minimum absolute atomic E-state index is 0.0838. The molecule has 2 aromatic carbocycles. The highest BCUT2D eigenvalue weighted by Crippen LogP contribution is 2.24. The molecule has 1 heterocycles. The van der Waals surface area contributed by atoms with E-state index in [0.717, 1.165) is 4.57 Å². The SMILES string of the molecule is CC(C)[C@H](NC(=O)c1ccccc1Cl)C(=O)OCc1nc2ccccc2n1C(F)F. The predicted molar refractivity (Wildman–Crippen MR) is 108 cm³/mol. The molecule has 0 aliphatic heterocycles. The molecule has 30 heavy (non-hydrogen) atoms. The highest BCUT2D eigenvalue weighted by molar-refractivity contribution is 6.33. The van der Waals surface area contributed by atoms with E-state index >= 15 is 0 Å². The maximum absolute atomic E-state index is 13.5. The van der Waals surface area contributed by atoms with Crippen LogP contribution in [0.5, 0.6) is 0 Å². The number of carbonyl (C=O) groups is 2. The Morgan fingerprint density at radius 1 is 1.13 bits per heavy atom. The summed E-state index contributed by atoms with van der Waals surface area (Å²) in [5.41, 5.74) is 0.833.